The van der Waals surface area contributed by atoms with Crippen LogP contribution in [0.25, 0.3) is 0 Å². The summed E-state index contributed by atoms with van der Waals surface area (Å²) in [5, 5.41) is 23.3. The van der Waals surface area contributed by atoms with Crippen molar-refractivity contribution in [3.63, 3.8) is 0 Å². The maximum Gasteiger partial charge on any atom is 0.326 e. The Hall–Kier alpha value is -2.20. The molecule has 0 aliphatic rings. The molecule has 10 nitrogen and oxygen atoms in total. The monoisotopic (exact) mass is 346 g/mol. The average Bonchev–Trinajstić information content (AvgIpc) is 2.41. The Morgan fingerprint density at radius 3 is 1.96 bits per heavy atom. The van der Waals surface area contributed by atoms with Crippen molar-refractivity contribution in [1.29, 1.82) is 0 Å². The molecular formula is C14H26N4O6. The zero-order valence-electron chi connectivity index (χ0n) is 14.0. The molecule has 0 radical (unpaired) electrons. The molecule has 24 heavy (non-hydrogen) atoms. The van der Waals surface area contributed by atoms with Gasteiger partial charge in [0.2, 0.25) is 17.7 Å². The number of carboxylic acid groups (broad SMARTS) is 1. The number of hydrogen-bond acceptors (Lipinski definition) is 6. The Bertz CT molecular complexity index is 480. The van der Waals surface area contributed by atoms with Crippen molar-refractivity contribution in [3.8, 4) is 0 Å². The highest BCUT2D eigenvalue weighted by Gasteiger charge is 2.31. The summed E-state index contributed by atoms with van der Waals surface area (Å²) in [6, 6.07) is -3.84. The van der Waals surface area contributed by atoms with Crippen molar-refractivity contribution in [3.05, 3.63) is 0 Å². The van der Waals surface area contributed by atoms with Crippen LogP contribution in [0.2, 0.25) is 0 Å². The molecule has 0 aromatic heterocycles. The molecule has 0 rings (SSSR count). The minimum atomic E-state index is -1.41. The number of amides is 3. The van der Waals surface area contributed by atoms with E-state index >= 15 is 0 Å². The maximum absolute atomic E-state index is 12.2. The van der Waals surface area contributed by atoms with Gasteiger partial charge < -0.3 is 32.3 Å². The summed E-state index contributed by atoms with van der Waals surface area (Å²) >= 11 is 0. The zero-order chi connectivity index (χ0) is 19.0. The van der Waals surface area contributed by atoms with Crippen LogP contribution in [0.5, 0.6) is 0 Å². The standard InChI is InChI=1S/C14H26N4O6/c1-6(2)4-9(14(23)24)17-13(22)11(7(3)19)18-12(21)8(15)5-10(16)20/h6-9,11,19H,4-5,15H2,1-3H3,(H2,16,20)(H,17,22)(H,18,21)(H,23,24). The summed E-state index contributed by atoms with van der Waals surface area (Å²) in [6.07, 6.45) is -1.54. The van der Waals surface area contributed by atoms with Crippen molar-refractivity contribution in [2.75, 3.05) is 0 Å². The van der Waals surface area contributed by atoms with Gasteiger partial charge in [-0.2, -0.15) is 0 Å². The molecule has 0 saturated carbocycles. The quantitative estimate of drug-likeness (QED) is 0.256. The first-order chi connectivity index (χ1) is 11.0. The summed E-state index contributed by atoms with van der Waals surface area (Å²) in [5.41, 5.74) is 10.4. The van der Waals surface area contributed by atoms with Crippen molar-refractivity contribution in [2.24, 2.45) is 17.4 Å². The third-order valence-electron chi connectivity index (χ3n) is 3.14. The van der Waals surface area contributed by atoms with Crippen LogP contribution >= 0.6 is 0 Å². The number of carbonyl (C=O) groups excluding carboxylic acids is 3. The van der Waals surface area contributed by atoms with E-state index in [0.29, 0.717) is 0 Å². The van der Waals surface area contributed by atoms with Crippen LogP contribution in [0, 0.1) is 5.92 Å². The minimum Gasteiger partial charge on any atom is -0.480 e. The van der Waals surface area contributed by atoms with Crippen LogP contribution in [-0.2, 0) is 19.2 Å². The zero-order valence-corrected chi connectivity index (χ0v) is 14.0. The number of carboxylic acids is 1. The molecular weight excluding hydrogens is 320 g/mol. The fraction of sp³-hybridized carbons (Fsp3) is 0.714. The first-order valence-electron chi connectivity index (χ1n) is 7.51. The van der Waals surface area contributed by atoms with Crippen molar-refractivity contribution in [2.45, 2.75) is 57.8 Å². The van der Waals surface area contributed by atoms with Gasteiger partial charge in [0.05, 0.1) is 18.6 Å². The molecule has 8 N–H and O–H groups in total. The SMILES string of the molecule is CC(C)CC(NC(=O)C(NC(=O)C(N)CC(N)=O)C(C)O)C(=O)O. The van der Waals surface area contributed by atoms with E-state index in [-0.39, 0.29) is 12.3 Å². The molecule has 0 saturated heterocycles. The lowest BCUT2D eigenvalue weighted by Gasteiger charge is -2.25. The highest BCUT2D eigenvalue weighted by molar-refractivity contribution is 5.93. The molecule has 0 heterocycles. The second-order valence-electron chi connectivity index (χ2n) is 6.03. The molecule has 3 amide bonds. The molecule has 0 aromatic rings. The predicted octanol–water partition coefficient (Wildman–Crippen LogP) is -2.33. The minimum absolute atomic E-state index is 0.00924. The van der Waals surface area contributed by atoms with Crippen LogP contribution in [0.1, 0.15) is 33.6 Å². The van der Waals surface area contributed by atoms with Crippen LogP contribution < -0.4 is 22.1 Å². The fourth-order valence-corrected chi connectivity index (χ4v) is 1.93. The van der Waals surface area contributed by atoms with E-state index in [0.717, 1.165) is 0 Å². The van der Waals surface area contributed by atoms with Crippen LogP contribution in [0.4, 0.5) is 0 Å². The van der Waals surface area contributed by atoms with E-state index in [9.17, 15) is 24.3 Å². The second-order valence-corrected chi connectivity index (χ2v) is 6.03. The third kappa shape index (κ3) is 7.88. The molecule has 0 fully saturated rings. The lowest BCUT2D eigenvalue weighted by Crippen LogP contribution is -2.58. The van der Waals surface area contributed by atoms with E-state index in [4.69, 9.17) is 16.6 Å². The van der Waals surface area contributed by atoms with Crippen LogP contribution in [-0.4, -0.2) is 58.1 Å². The Balaban J connectivity index is 4.97. The molecule has 0 aromatic carbocycles. The fourth-order valence-electron chi connectivity index (χ4n) is 1.93. The Labute approximate surface area is 139 Å². The number of aliphatic hydroxyl groups excluding tert-OH is 1. The summed E-state index contributed by atoms with van der Waals surface area (Å²) < 4.78 is 0. The summed E-state index contributed by atoms with van der Waals surface area (Å²) in [5.74, 6) is -3.73. The lowest BCUT2D eigenvalue weighted by molar-refractivity contribution is -0.143. The number of hydrogen-bond donors (Lipinski definition) is 6. The number of aliphatic hydroxyl groups is 1. The molecule has 0 aliphatic carbocycles. The van der Waals surface area contributed by atoms with Gasteiger partial charge in [0, 0.05) is 0 Å². The highest BCUT2D eigenvalue weighted by Crippen LogP contribution is 2.06. The van der Waals surface area contributed by atoms with Gasteiger partial charge in [-0.05, 0) is 19.3 Å². The molecule has 138 valence electrons. The van der Waals surface area contributed by atoms with Crippen LogP contribution in [0.15, 0.2) is 0 Å². The van der Waals surface area contributed by atoms with Crippen LogP contribution in [0.3, 0.4) is 0 Å². The smallest absolute Gasteiger partial charge is 0.326 e. The first kappa shape index (κ1) is 21.8. The summed E-state index contributed by atoms with van der Waals surface area (Å²) in [4.78, 5) is 46.0. The van der Waals surface area contributed by atoms with Gasteiger partial charge in [0.1, 0.15) is 12.1 Å². The Morgan fingerprint density at radius 1 is 1.04 bits per heavy atom. The average molecular weight is 346 g/mol. The highest BCUT2D eigenvalue weighted by atomic mass is 16.4. The van der Waals surface area contributed by atoms with E-state index < -0.39 is 54.3 Å². The number of primary amides is 1. The van der Waals surface area contributed by atoms with E-state index in [2.05, 4.69) is 10.6 Å². The Kier molecular flexibility index (Phi) is 8.93. The van der Waals surface area contributed by atoms with E-state index in [1.165, 1.54) is 6.92 Å². The van der Waals surface area contributed by atoms with Gasteiger partial charge in [-0.25, -0.2) is 4.79 Å². The molecule has 4 atom stereocenters. The molecule has 10 heteroatoms. The summed E-state index contributed by atoms with van der Waals surface area (Å²) in [7, 11) is 0. The Morgan fingerprint density at radius 2 is 1.58 bits per heavy atom. The lowest BCUT2D eigenvalue weighted by atomic mass is 10.0. The molecule has 4 unspecified atom stereocenters. The number of rotatable bonds is 10. The van der Waals surface area contributed by atoms with Gasteiger partial charge in [-0.15, -0.1) is 0 Å². The number of aliphatic carboxylic acids is 1. The molecule has 0 spiro atoms. The first-order valence-corrected chi connectivity index (χ1v) is 7.51. The van der Waals surface area contributed by atoms with Gasteiger partial charge in [0.25, 0.3) is 0 Å². The number of carbonyl (C=O) groups is 4. The summed E-state index contributed by atoms with van der Waals surface area (Å²) in [6.45, 7) is 4.83. The second kappa shape index (κ2) is 9.83. The van der Waals surface area contributed by atoms with Gasteiger partial charge in [0.15, 0.2) is 0 Å². The largest absolute Gasteiger partial charge is 0.480 e. The number of nitrogens with two attached hydrogens (primary N) is 2. The van der Waals surface area contributed by atoms with Crippen molar-refractivity contribution in [1.82, 2.24) is 10.6 Å². The van der Waals surface area contributed by atoms with Gasteiger partial charge in [-0.1, -0.05) is 13.8 Å². The molecule has 0 aliphatic heterocycles. The van der Waals surface area contributed by atoms with Gasteiger partial charge >= 0.3 is 5.97 Å². The van der Waals surface area contributed by atoms with Crippen molar-refractivity contribution < 1.29 is 29.4 Å². The normalized spacial score (nSPS) is 15.9. The number of nitrogens with one attached hydrogen (secondary N) is 2. The van der Waals surface area contributed by atoms with Gasteiger partial charge in [-0.3, -0.25) is 14.4 Å². The van der Waals surface area contributed by atoms with E-state index in [1.807, 2.05) is 0 Å². The topological polar surface area (TPSA) is 185 Å². The third-order valence-corrected chi connectivity index (χ3v) is 3.14. The van der Waals surface area contributed by atoms with Crippen molar-refractivity contribution >= 4 is 23.7 Å². The predicted molar refractivity (Wildman–Crippen MR) is 84.4 cm³/mol. The van der Waals surface area contributed by atoms with E-state index in [1.54, 1.807) is 13.8 Å². The molecule has 0 bridgehead atoms. The maximum atomic E-state index is 12.2.